The number of likely N-dealkylation sites (tertiary alicyclic amines) is 1. The molecular formula is C25H42N6O. The van der Waals surface area contributed by atoms with Gasteiger partial charge in [0.15, 0.2) is 0 Å². The van der Waals surface area contributed by atoms with Gasteiger partial charge in [0.1, 0.15) is 6.29 Å². The molecule has 1 aliphatic heterocycles. The summed E-state index contributed by atoms with van der Waals surface area (Å²) in [6, 6.07) is 0. The summed E-state index contributed by atoms with van der Waals surface area (Å²) in [6.07, 6.45) is 19.3. The smallest absolute Gasteiger partial charge is 0.223 e. The molecule has 0 spiro atoms. The number of allylic oxidation sites excluding steroid dienone is 1. The Morgan fingerprint density at radius 1 is 1.22 bits per heavy atom. The standard InChI is InChI=1S/C25H42N6O/c1-4-8-24(20-30-13-6-5-7-14-30)17-22(2)19-31(15-16-32)21-29-25(27-12-11-26-3)28-18-23-9-10-23/h4,8,11-12,16-17,21-23,26H,5-7,9-10,13-15,18-20H2,1-3H3,(H,27,28)/b8-4-,12-11+,24-17+,29-21+. The van der Waals surface area contributed by atoms with Crippen LogP contribution in [0.5, 0.6) is 0 Å². The lowest BCUT2D eigenvalue weighted by molar-refractivity contribution is -0.108. The van der Waals surface area contributed by atoms with Crippen molar-refractivity contribution in [1.29, 1.82) is 0 Å². The van der Waals surface area contributed by atoms with E-state index in [0.29, 0.717) is 24.3 Å². The van der Waals surface area contributed by atoms with Crippen molar-refractivity contribution >= 4 is 18.6 Å². The predicted octanol–water partition coefficient (Wildman–Crippen LogP) is 3.19. The van der Waals surface area contributed by atoms with Gasteiger partial charge in [0.25, 0.3) is 0 Å². The largest absolute Gasteiger partial charge is 0.393 e. The number of rotatable bonds is 13. The lowest BCUT2D eigenvalue weighted by Gasteiger charge is -2.27. The first-order valence-corrected chi connectivity index (χ1v) is 12.1. The average molecular weight is 443 g/mol. The molecule has 2 fully saturated rings. The van der Waals surface area contributed by atoms with Crippen molar-refractivity contribution < 1.29 is 4.79 Å². The third kappa shape index (κ3) is 11.3. The normalized spacial score (nSPS) is 19.7. The summed E-state index contributed by atoms with van der Waals surface area (Å²) >= 11 is 0. The van der Waals surface area contributed by atoms with Crippen molar-refractivity contribution in [2.24, 2.45) is 21.8 Å². The van der Waals surface area contributed by atoms with Gasteiger partial charge in [-0.05, 0) is 63.1 Å². The number of hydrogen-bond acceptors (Lipinski definition) is 4. The van der Waals surface area contributed by atoms with Crippen LogP contribution in [0, 0.1) is 11.8 Å². The molecule has 2 rings (SSSR count). The van der Waals surface area contributed by atoms with Crippen LogP contribution in [0.1, 0.15) is 46.0 Å². The van der Waals surface area contributed by atoms with Gasteiger partial charge in [-0.3, -0.25) is 9.89 Å². The maximum absolute atomic E-state index is 11.3. The second-order valence-electron chi connectivity index (χ2n) is 8.79. The highest BCUT2D eigenvalue weighted by Gasteiger charge is 2.20. The lowest BCUT2D eigenvalue weighted by Crippen LogP contribution is -2.32. The number of piperidine rings is 1. The molecule has 1 atom stereocenters. The summed E-state index contributed by atoms with van der Waals surface area (Å²) in [6.45, 7) is 9.47. The number of nitrogens with zero attached hydrogens (tertiary/aromatic N) is 4. The van der Waals surface area contributed by atoms with Crippen molar-refractivity contribution in [2.45, 2.75) is 46.0 Å². The van der Waals surface area contributed by atoms with E-state index >= 15 is 0 Å². The summed E-state index contributed by atoms with van der Waals surface area (Å²) in [7, 11) is 1.84. The van der Waals surface area contributed by atoms with Gasteiger partial charge in [-0.15, -0.1) is 0 Å². The highest BCUT2D eigenvalue weighted by Crippen LogP contribution is 2.28. The van der Waals surface area contributed by atoms with Gasteiger partial charge in [0, 0.05) is 39.1 Å². The average Bonchev–Trinajstić information content (AvgIpc) is 3.60. The van der Waals surface area contributed by atoms with Gasteiger partial charge in [0.05, 0.1) is 12.9 Å². The Bertz CT molecular complexity index is 687. The summed E-state index contributed by atoms with van der Waals surface area (Å²) in [4.78, 5) is 24.9. The SMILES string of the molecule is C/C=C\C(=C/C(C)CN(/C=N/C(=NCC1CC1)N/C=C/NC)CC=O)CN1CCCCC1. The number of nitrogens with one attached hydrogen (secondary N) is 2. The monoisotopic (exact) mass is 442 g/mol. The van der Waals surface area contributed by atoms with Crippen molar-refractivity contribution in [3.63, 3.8) is 0 Å². The number of hydrogen-bond donors (Lipinski definition) is 2. The molecule has 0 aromatic rings. The minimum Gasteiger partial charge on any atom is -0.393 e. The van der Waals surface area contributed by atoms with Gasteiger partial charge in [-0.1, -0.05) is 31.6 Å². The molecule has 1 saturated heterocycles. The first-order valence-electron chi connectivity index (χ1n) is 12.1. The van der Waals surface area contributed by atoms with E-state index in [2.05, 4.69) is 57.6 Å². The van der Waals surface area contributed by atoms with E-state index in [1.54, 1.807) is 18.7 Å². The van der Waals surface area contributed by atoms with Crippen LogP contribution < -0.4 is 10.6 Å². The zero-order valence-corrected chi connectivity index (χ0v) is 20.2. The molecule has 2 N–H and O–H groups in total. The van der Waals surface area contributed by atoms with Crippen LogP contribution in [0.2, 0.25) is 0 Å². The second-order valence-corrected chi connectivity index (χ2v) is 8.79. The van der Waals surface area contributed by atoms with Crippen LogP contribution in [-0.2, 0) is 4.79 Å². The topological polar surface area (TPSA) is 72.3 Å². The molecular weight excluding hydrogens is 400 g/mol. The van der Waals surface area contributed by atoms with Crippen molar-refractivity contribution in [3.8, 4) is 0 Å². The van der Waals surface area contributed by atoms with E-state index in [9.17, 15) is 4.79 Å². The number of carbonyl (C=O) groups excluding carboxylic acids is 1. The van der Waals surface area contributed by atoms with E-state index in [0.717, 1.165) is 25.9 Å². The fourth-order valence-corrected chi connectivity index (χ4v) is 3.78. The lowest BCUT2D eigenvalue weighted by atomic mass is 10.0. The van der Waals surface area contributed by atoms with Crippen LogP contribution >= 0.6 is 0 Å². The molecule has 0 amide bonds. The van der Waals surface area contributed by atoms with Gasteiger partial charge < -0.3 is 20.3 Å². The quantitative estimate of drug-likeness (QED) is 0.198. The maximum atomic E-state index is 11.3. The molecule has 1 aliphatic carbocycles. The zero-order chi connectivity index (χ0) is 23.0. The molecule has 32 heavy (non-hydrogen) atoms. The van der Waals surface area contributed by atoms with Crippen LogP contribution in [-0.4, -0.2) is 74.7 Å². The Morgan fingerprint density at radius 2 is 2.00 bits per heavy atom. The van der Waals surface area contributed by atoms with E-state index in [1.807, 2.05) is 11.9 Å². The third-order valence-electron chi connectivity index (χ3n) is 5.57. The Morgan fingerprint density at radius 3 is 2.66 bits per heavy atom. The Labute approximate surface area is 194 Å². The molecule has 1 saturated carbocycles. The number of aldehydes is 1. The minimum absolute atomic E-state index is 0.293. The summed E-state index contributed by atoms with van der Waals surface area (Å²) in [5.41, 5.74) is 1.34. The Balaban J connectivity index is 1.99. The molecule has 0 aromatic heterocycles. The summed E-state index contributed by atoms with van der Waals surface area (Å²) < 4.78 is 0. The van der Waals surface area contributed by atoms with Crippen LogP contribution in [0.25, 0.3) is 0 Å². The second kappa shape index (κ2) is 15.4. The number of carbonyl (C=O) groups is 1. The van der Waals surface area contributed by atoms with Crippen LogP contribution in [0.15, 0.2) is 46.2 Å². The summed E-state index contributed by atoms with van der Waals surface area (Å²) in [5.74, 6) is 1.56. The van der Waals surface area contributed by atoms with Crippen molar-refractivity contribution in [2.75, 3.05) is 46.3 Å². The molecule has 7 nitrogen and oxygen atoms in total. The molecule has 7 heteroatoms. The van der Waals surface area contributed by atoms with Crippen LogP contribution in [0.4, 0.5) is 0 Å². The fourth-order valence-electron chi connectivity index (χ4n) is 3.78. The van der Waals surface area contributed by atoms with Gasteiger partial charge in [-0.25, -0.2) is 4.99 Å². The van der Waals surface area contributed by atoms with E-state index in [-0.39, 0.29) is 0 Å². The molecule has 1 unspecified atom stereocenters. The number of guanidine groups is 1. The first kappa shape index (κ1) is 25.8. The van der Waals surface area contributed by atoms with E-state index < -0.39 is 0 Å². The Hall–Kier alpha value is -2.41. The van der Waals surface area contributed by atoms with Gasteiger partial charge in [-0.2, -0.15) is 0 Å². The van der Waals surface area contributed by atoms with E-state index in [4.69, 9.17) is 0 Å². The molecule has 178 valence electrons. The molecule has 0 bridgehead atoms. The first-order chi connectivity index (χ1) is 15.6. The van der Waals surface area contributed by atoms with Crippen molar-refractivity contribution in [1.82, 2.24) is 20.4 Å². The molecule has 0 radical (unpaired) electrons. The molecule has 2 aliphatic rings. The van der Waals surface area contributed by atoms with Crippen molar-refractivity contribution in [3.05, 3.63) is 36.2 Å². The predicted molar refractivity (Wildman–Crippen MR) is 135 cm³/mol. The molecule has 1 heterocycles. The molecule has 0 aromatic carbocycles. The number of aliphatic imine (C=N–C) groups is 2. The Kier molecular flexibility index (Phi) is 12.4. The third-order valence-corrected chi connectivity index (χ3v) is 5.57. The highest BCUT2D eigenvalue weighted by atomic mass is 16.1. The zero-order valence-electron chi connectivity index (χ0n) is 20.2. The van der Waals surface area contributed by atoms with Gasteiger partial charge >= 0.3 is 0 Å². The van der Waals surface area contributed by atoms with E-state index in [1.165, 1.54) is 50.8 Å². The minimum atomic E-state index is 0.293. The maximum Gasteiger partial charge on any atom is 0.223 e. The van der Waals surface area contributed by atoms with Crippen LogP contribution in [0.3, 0.4) is 0 Å². The fraction of sp³-hybridized carbons (Fsp3) is 0.640. The highest BCUT2D eigenvalue weighted by molar-refractivity contribution is 5.88. The van der Waals surface area contributed by atoms with Gasteiger partial charge in [0.2, 0.25) is 5.96 Å². The summed E-state index contributed by atoms with van der Waals surface area (Å²) in [5, 5.41) is 6.06.